The highest BCUT2D eigenvalue weighted by Crippen LogP contribution is 2.38. The highest BCUT2D eigenvalue weighted by Gasteiger charge is 2.38. The van der Waals surface area contributed by atoms with Crippen LogP contribution in [0.2, 0.25) is 0 Å². The molecule has 1 N–H and O–H groups in total. The summed E-state index contributed by atoms with van der Waals surface area (Å²) in [5.74, 6) is -0.907. The average Bonchev–Trinajstić information content (AvgIpc) is 2.30. The van der Waals surface area contributed by atoms with E-state index in [1.165, 1.54) is 0 Å². The summed E-state index contributed by atoms with van der Waals surface area (Å²) in [6.07, 6.45) is 5.93. The maximum atomic E-state index is 11.3. The molecule has 1 aromatic rings. The molecule has 16 heavy (non-hydrogen) atoms. The van der Waals surface area contributed by atoms with Crippen LogP contribution in [0.4, 0.5) is 0 Å². The second-order valence-electron chi connectivity index (χ2n) is 3.74. The Morgan fingerprint density at radius 2 is 2.00 bits per heavy atom. The zero-order chi connectivity index (χ0) is 11.6. The highest BCUT2D eigenvalue weighted by molar-refractivity contribution is 7.83. The van der Waals surface area contributed by atoms with E-state index in [-0.39, 0.29) is 0 Å². The minimum absolute atomic E-state index is 0.409. The highest BCUT2D eigenvalue weighted by atomic mass is 32.1. The lowest BCUT2D eigenvalue weighted by Crippen LogP contribution is -2.34. The van der Waals surface area contributed by atoms with Gasteiger partial charge in [-0.05, 0) is 17.6 Å². The lowest BCUT2D eigenvalue weighted by Gasteiger charge is -2.28. The van der Waals surface area contributed by atoms with Crippen LogP contribution in [0.3, 0.4) is 0 Å². The first-order chi connectivity index (χ1) is 7.64. The predicted octanol–water partition coefficient (Wildman–Crippen LogP) is 2.78. The van der Waals surface area contributed by atoms with Crippen LogP contribution in [0.25, 0.3) is 5.57 Å². The van der Waals surface area contributed by atoms with Gasteiger partial charge in [-0.2, -0.15) is 12.6 Å². The van der Waals surface area contributed by atoms with Gasteiger partial charge in [-0.25, -0.2) is 0 Å². The maximum Gasteiger partial charge on any atom is 0.324 e. The largest absolute Gasteiger partial charge is 0.480 e. The van der Waals surface area contributed by atoms with Crippen LogP contribution < -0.4 is 0 Å². The Balaban J connectivity index is 2.49. The third-order valence-corrected chi connectivity index (χ3v) is 3.31. The van der Waals surface area contributed by atoms with Crippen LogP contribution in [0, 0.1) is 0 Å². The third-order valence-electron chi connectivity index (χ3n) is 2.70. The summed E-state index contributed by atoms with van der Waals surface area (Å²) in [7, 11) is 0. The van der Waals surface area contributed by atoms with Gasteiger partial charge in [0.2, 0.25) is 0 Å². The van der Waals surface area contributed by atoms with Crippen molar-refractivity contribution in [2.75, 3.05) is 0 Å². The van der Waals surface area contributed by atoms with Gasteiger partial charge >= 0.3 is 5.97 Å². The van der Waals surface area contributed by atoms with Gasteiger partial charge < -0.3 is 5.11 Å². The molecule has 1 aliphatic carbocycles. The van der Waals surface area contributed by atoms with Crippen molar-refractivity contribution in [3.8, 4) is 0 Å². The Hall–Kier alpha value is -1.48. The standard InChI is InChI=1S/C13H12O2S/c14-12(15)13(16)9-5-4-8-11(13)10-6-2-1-3-7-10/h1-8,16H,9H2,(H,14,15)/t13-/m0/s1. The zero-order valence-electron chi connectivity index (χ0n) is 8.63. The number of allylic oxidation sites excluding steroid dienone is 3. The van der Waals surface area contributed by atoms with E-state index in [1.54, 1.807) is 0 Å². The third kappa shape index (κ3) is 1.78. The van der Waals surface area contributed by atoms with Crippen LogP contribution in [-0.2, 0) is 4.79 Å². The van der Waals surface area contributed by atoms with Crippen molar-refractivity contribution < 1.29 is 9.90 Å². The number of benzene rings is 1. The molecule has 3 heteroatoms. The fourth-order valence-corrected chi connectivity index (χ4v) is 2.11. The van der Waals surface area contributed by atoms with Gasteiger partial charge in [0.25, 0.3) is 0 Å². The van der Waals surface area contributed by atoms with Crippen LogP contribution in [0.1, 0.15) is 12.0 Å². The van der Waals surface area contributed by atoms with E-state index in [0.29, 0.717) is 6.42 Å². The molecule has 2 rings (SSSR count). The average molecular weight is 232 g/mol. The molecule has 0 radical (unpaired) electrons. The smallest absolute Gasteiger partial charge is 0.324 e. The molecule has 82 valence electrons. The van der Waals surface area contributed by atoms with Crippen LogP contribution in [0.5, 0.6) is 0 Å². The molecule has 0 saturated heterocycles. The van der Waals surface area contributed by atoms with E-state index in [2.05, 4.69) is 12.6 Å². The fourth-order valence-electron chi connectivity index (χ4n) is 1.81. The molecule has 1 atom stereocenters. The van der Waals surface area contributed by atoms with Crippen molar-refractivity contribution in [2.24, 2.45) is 0 Å². The monoisotopic (exact) mass is 232 g/mol. The minimum atomic E-state index is -1.11. The predicted molar refractivity (Wildman–Crippen MR) is 67.5 cm³/mol. The molecule has 0 fully saturated rings. The number of hydrogen-bond donors (Lipinski definition) is 2. The van der Waals surface area contributed by atoms with E-state index in [4.69, 9.17) is 0 Å². The minimum Gasteiger partial charge on any atom is -0.480 e. The lowest BCUT2D eigenvalue weighted by molar-refractivity contribution is -0.138. The summed E-state index contributed by atoms with van der Waals surface area (Å²) >= 11 is 4.33. The first-order valence-corrected chi connectivity index (χ1v) is 5.48. The van der Waals surface area contributed by atoms with Gasteiger partial charge in [-0.15, -0.1) is 0 Å². The number of carbonyl (C=O) groups is 1. The van der Waals surface area contributed by atoms with Crippen molar-refractivity contribution >= 4 is 24.2 Å². The summed E-state index contributed by atoms with van der Waals surface area (Å²) in [6.45, 7) is 0. The Bertz CT molecular complexity index is 462. The molecule has 0 heterocycles. The Morgan fingerprint density at radius 3 is 2.62 bits per heavy atom. The molecule has 0 amide bonds. The van der Waals surface area contributed by atoms with Gasteiger partial charge in [-0.3, -0.25) is 4.79 Å². The van der Waals surface area contributed by atoms with Crippen molar-refractivity contribution in [1.29, 1.82) is 0 Å². The number of hydrogen-bond acceptors (Lipinski definition) is 2. The van der Waals surface area contributed by atoms with Gasteiger partial charge in [-0.1, -0.05) is 48.6 Å². The first kappa shape index (κ1) is 11.0. The van der Waals surface area contributed by atoms with Crippen molar-refractivity contribution in [1.82, 2.24) is 0 Å². The molecule has 0 bridgehead atoms. The van der Waals surface area contributed by atoms with Crippen molar-refractivity contribution in [2.45, 2.75) is 11.2 Å². The molecule has 1 aromatic carbocycles. The van der Waals surface area contributed by atoms with Crippen LogP contribution in [0.15, 0.2) is 48.6 Å². The molecule has 2 nitrogen and oxygen atoms in total. The van der Waals surface area contributed by atoms with Crippen molar-refractivity contribution in [3.05, 3.63) is 54.1 Å². The van der Waals surface area contributed by atoms with Crippen LogP contribution >= 0.6 is 12.6 Å². The molecule has 0 aliphatic heterocycles. The molecular formula is C13H12O2S. The van der Waals surface area contributed by atoms with Gasteiger partial charge in [0, 0.05) is 0 Å². The Labute approximate surface area is 99.7 Å². The van der Waals surface area contributed by atoms with E-state index < -0.39 is 10.7 Å². The molecule has 0 unspecified atom stereocenters. The maximum absolute atomic E-state index is 11.3. The molecular weight excluding hydrogens is 220 g/mol. The quantitative estimate of drug-likeness (QED) is 0.769. The Morgan fingerprint density at radius 1 is 1.31 bits per heavy atom. The van der Waals surface area contributed by atoms with Gasteiger partial charge in [0.15, 0.2) is 0 Å². The summed E-state index contributed by atoms with van der Waals surface area (Å²) in [5, 5.41) is 9.28. The molecule has 1 aliphatic rings. The lowest BCUT2D eigenvalue weighted by atomic mass is 9.86. The fraction of sp³-hybridized carbons (Fsp3) is 0.154. The van der Waals surface area contributed by atoms with Gasteiger partial charge in [0.1, 0.15) is 4.75 Å². The normalized spacial score (nSPS) is 23.9. The summed E-state index contributed by atoms with van der Waals surface area (Å²) in [5.41, 5.74) is 1.65. The van der Waals surface area contributed by atoms with Crippen molar-refractivity contribution in [3.63, 3.8) is 0 Å². The molecule has 0 spiro atoms. The number of carboxylic acid groups (broad SMARTS) is 1. The summed E-state index contributed by atoms with van der Waals surface area (Å²) < 4.78 is -1.11. The van der Waals surface area contributed by atoms with E-state index in [9.17, 15) is 9.90 Å². The SMILES string of the molecule is O=C(O)[C@]1(S)CC=CC=C1c1ccccc1. The zero-order valence-corrected chi connectivity index (χ0v) is 9.52. The molecule has 0 aromatic heterocycles. The summed E-state index contributed by atoms with van der Waals surface area (Å²) in [6, 6.07) is 9.50. The van der Waals surface area contributed by atoms with E-state index in [1.807, 2.05) is 48.6 Å². The number of aliphatic carboxylic acids is 1. The molecule has 0 saturated carbocycles. The first-order valence-electron chi connectivity index (χ1n) is 5.03. The van der Waals surface area contributed by atoms with E-state index in [0.717, 1.165) is 11.1 Å². The second-order valence-corrected chi connectivity index (χ2v) is 4.51. The topological polar surface area (TPSA) is 37.3 Å². The number of rotatable bonds is 2. The van der Waals surface area contributed by atoms with E-state index >= 15 is 0 Å². The summed E-state index contributed by atoms with van der Waals surface area (Å²) in [4.78, 5) is 11.3. The Kier molecular flexibility index (Phi) is 2.88. The number of carboxylic acids is 1. The second kappa shape index (κ2) is 4.18. The van der Waals surface area contributed by atoms with Gasteiger partial charge in [0.05, 0.1) is 0 Å². The van der Waals surface area contributed by atoms with Crippen LogP contribution in [-0.4, -0.2) is 15.8 Å². The number of thiol groups is 1.